The highest BCUT2D eigenvalue weighted by Crippen LogP contribution is 2.33. The number of phenolic OH excluding ortho intramolecular Hbond substituents is 1. The van der Waals surface area contributed by atoms with E-state index in [4.69, 9.17) is 0 Å². The Balaban J connectivity index is 1.73. The minimum atomic E-state index is -0.339. The molecule has 7 nitrogen and oxygen atoms in total. The van der Waals surface area contributed by atoms with E-state index in [-0.39, 0.29) is 29.0 Å². The number of carbonyl (C=O) groups is 2. The van der Waals surface area contributed by atoms with Gasteiger partial charge < -0.3 is 10.4 Å². The predicted octanol–water partition coefficient (Wildman–Crippen LogP) is 2.18. The first-order valence-electron chi connectivity index (χ1n) is 7.45. The Bertz CT molecular complexity index is 954. The highest BCUT2D eigenvalue weighted by Gasteiger charge is 2.32. The number of amidine groups is 1. The number of anilines is 2. The minimum Gasteiger partial charge on any atom is -0.506 e. The summed E-state index contributed by atoms with van der Waals surface area (Å²) in [6.07, 6.45) is 0. The van der Waals surface area contributed by atoms with Gasteiger partial charge in [0.05, 0.1) is 17.1 Å². The summed E-state index contributed by atoms with van der Waals surface area (Å²) in [5.41, 5.74) is 1.88. The van der Waals surface area contributed by atoms with Gasteiger partial charge in [-0.3, -0.25) is 14.5 Å². The van der Waals surface area contributed by atoms with Gasteiger partial charge in [-0.05, 0) is 18.2 Å². The second-order valence-corrected chi connectivity index (χ2v) is 6.28. The van der Waals surface area contributed by atoms with Gasteiger partial charge in [0, 0.05) is 5.56 Å². The van der Waals surface area contributed by atoms with E-state index in [1.807, 2.05) is 12.1 Å². The zero-order valence-electron chi connectivity index (χ0n) is 12.8. The van der Waals surface area contributed by atoms with Crippen molar-refractivity contribution in [3.63, 3.8) is 0 Å². The number of aromatic hydroxyl groups is 1. The third-order valence-corrected chi connectivity index (χ3v) is 4.68. The second-order valence-electron chi connectivity index (χ2n) is 5.34. The number of nitrogens with zero attached hydrogens (tertiary/aromatic N) is 3. The van der Waals surface area contributed by atoms with Gasteiger partial charge in [0.15, 0.2) is 10.9 Å². The fraction of sp³-hybridized carbons (Fsp3) is 0.0588. The average Bonchev–Trinajstić information content (AvgIpc) is 3.13. The Morgan fingerprint density at radius 3 is 2.64 bits per heavy atom. The van der Waals surface area contributed by atoms with Crippen LogP contribution in [-0.4, -0.2) is 33.6 Å². The van der Waals surface area contributed by atoms with Gasteiger partial charge in [0.1, 0.15) is 5.75 Å². The van der Waals surface area contributed by atoms with Crippen LogP contribution in [0.3, 0.4) is 0 Å². The molecule has 25 heavy (non-hydrogen) atoms. The summed E-state index contributed by atoms with van der Waals surface area (Å²) in [7, 11) is 0. The molecule has 0 aliphatic carbocycles. The Morgan fingerprint density at radius 2 is 1.80 bits per heavy atom. The van der Waals surface area contributed by atoms with Crippen molar-refractivity contribution >= 4 is 45.8 Å². The number of phenols is 1. The van der Waals surface area contributed by atoms with E-state index in [1.54, 1.807) is 30.3 Å². The fourth-order valence-corrected chi connectivity index (χ4v) is 3.43. The monoisotopic (exact) mass is 352 g/mol. The maximum Gasteiger partial charge on any atom is 0.276 e. The normalized spacial score (nSPS) is 19.6. The molecule has 1 fully saturated rings. The molecule has 0 spiro atoms. The van der Waals surface area contributed by atoms with Gasteiger partial charge in [0.2, 0.25) is 5.91 Å². The SMILES string of the molecule is O=C1Nc2ccccc2/C1=N/N=C1/SCC(=O)N1c1ccccc1O. The molecule has 124 valence electrons. The number of fused-ring (bicyclic) bond motifs is 1. The van der Waals surface area contributed by atoms with E-state index in [0.29, 0.717) is 22.1 Å². The molecule has 4 rings (SSSR count). The molecule has 2 aromatic rings. The van der Waals surface area contributed by atoms with Crippen molar-refractivity contribution in [2.24, 2.45) is 10.2 Å². The predicted molar refractivity (Wildman–Crippen MR) is 97.1 cm³/mol. The van der Waals surface area contributed by atoms with Crippen LogP contribution in [0.4, 0.5) is 11.4 Å². The quantitative estimate of drug-likeness (QED) is 0.810. The van der Waals surface area contributed by atoms with Crippen LogP contribution in [0.2, 0.25) is 0 Å². The van der Waals surface area contributed by atoms with Gasteiger partial charge in [-0.1, -0.05) is 42.1 Å². The Morgan fingerprint density at radius 1 is 1.04 bits per heavy atom. The lowest BCUT2D eigenvalue weighted by molar-refractivity contribution is -0.115. The maximum atomic E-state index is 12.2. The molecule has 2 aliphatic rings. The van der Waals surface area contributed by atoms with Crippen molar-refractivity contribution in [2.45, 2.75) is 0 Å². The lowest BCUT2D eigenvalue weighted by atomic mass is 10.1. The maximum absolute atomic E-state index is 12.2. The molecule has 2 aromatic carbocycles. The lowest BCUT2D eigenvalue weighted by Gasteiger charge is -2.16. The molecule has 8 heteroatoms. The summed E-state index contributed by atoms with van der Waals surface area (Å²) in [5.74, 6) is -0.376. The summed E-state index contributed by atoms with van der Waals surface area (Å²) in [5, 5.41) is 21.2. The molecule has 0 aromatic heterocycles. The molecule has 0 bridgehead atoms. The van der Waals surface area contributed by atoms with Crippen LogP contribution in [-0.2, 0) is 9.59 Å². The molecule has 2 N–H and O–H groups in total. The summed E-state index contributed by atoms with van der Waals surface area (Å²) in [4.78, 5) is 25.6. The molecule has 0 atom stereocenters. The van der Waals surface area contributed by atoms with Crippen molar-refractivity contribution in [1.82, 2.24) is 0 Å². The number of hydrogen-bond donors (Lipinski definition) is 2. The largest absolute Gasteiger partial charge is 0.506 e. The zero-order valence-corrected chi connectivity index (χ0v) is 13.7. The lowest BCUT2D eigenvalue weighted by Crippen LogP contribution is -2.29. The summed E-state index contributed by atoms with van der Waals surface area (Å²) < 4.78 is 0. The summed E-state index contributed by atoms with van der Waals surface area (Å²) >= 11 is 1.20. The zero-order chi connectivity index (χ0) is 17.4. The number of amides is 2. The Labute approximate surface area is 147 Å². The standard InChI is InChI=1S/C17H12N4O3S/c22-13-8-4-3-7-12(13)21-14(23)9-25-17(21)20-19-15-10-5-1-2-6-11(10)18-16(15)24/h1-8,22H,9H2,(H,18,19,24)/b20-17+. The molecule has 0 unspecified atom stereocenters. The Hall–Kier alpha value is -3.13. The van der Waals surface area contributed by atoms with E-state index in [1.165, 1.54) is 22.7 Å². The smallest absolute Gasteiger partial charge is 0.276 e. The number of benzene rings is 2. The van der Waals surface area contributed by atoms with Crippen LogP contribution >= 0.6 is 11.8 Å². The number of thioether (sulfide) groups is 1. The highest BCUT2D eigenvalue weighted by molar-refractivity contribution is 8.15. The Kier molecular flexibility index (Phi) is 3.73. The van der Waals surface area contributed by atoms with E-state index in [2.05, 4.69) is 15.5 Å². The molecular formula is C17H12N4O3S. The van der Waals surface area contributed by atoms with Gasteiger partial charge in [-0.25, -0.2) is 0 Å². The van der Waals surface area contributed by atoms with Crippen molar-refractivity contribution < 1.29 is 14.7 Å². The third kappa shape index (κ3) is 2.66. The van der Waals surface area contributed by atoms with Gasteiger partial charge >= 0.3 is 0 Å². The summed E-state index contributed by atoms with van der Waals surface area (Å²) in [6, 6.07) is 13.7. The van der Waals surface area contributed by atoms with Gasteiger partial charge in [-0.2, -0.15) is 0 Å². The van der Waals surface area contributed by atoms with Crippen LogP contribution in [0.1, 0.15) is 5.56 Å². The first-order chi connectivity index (χ1) is 12.1. The molecule has 2 aliphatic heterocycles. The highest BCUT2D eigenvalue weighted by atomic mass is 32.2. The van der Waals surface area contributed by atoms with Gasteiger partial charge in [-0.15, -0.1) is 10.2 Å². The molecule has 2 heterocycles. The van der Waals surface area contributed by atoms with Crippen LogP contribution < -0.4 is 10.2 Å². The van der Waals surface area contributed by atoms with Crippen molar-refractivity contribution in [3.05, 3.63) is 54.1 Å². The van der Waals surface area contributed by atoms with E-state index in [9.17, 15) is 14.7 Å². The number of hydrogen-bond acceptors (Lipinski definition) is 6. The van der Waals surface area contributed by atoms with Gasteiger partial charge in [0.25, 0.3) is 5.91 Å². The first kappa shape index (κ1) is 15.4. The van der Waals surface area contributed by atoms with Crippen LogP contribution in [0.25, 0.3) is 0 Å². The van der Waals surface area contributed by atoms with Crippen LogP contribution in [0, 0.1) is 0 Å². The van der Waals surface area contributed by atoms with Crippen molar-refractivity contribution in [2.75, 3.05) is 16.0 Å². The van der Waals surface area contributed by atoms with Crippen molar-refractivity contribution in [3.8, 4) is 5.75 Å². The number of para-hydroxylation sites is 3. The molecule has 0 saturated carbocycles. The number of rotatable bonds is 2. The second kappa shape index (κ2) is 6.06. The van der Waals surface area contributed by atoms with E-state index in [0.717, 1.165) is 0 Å². The molecular weight excluding hydrogens is 340 g/mol. The topological polar surface area (TPSA) is 94.4 Å². The van der Waals surface area contributed by atoms with Crippen molar-refractivity contribution in [1.29, 1.82) is 0 Å². The van der Waals surface area contributed by atoms with Crippen LogP contribution in [0.5, 0.6) is 5.75 Å². The van der Waals surface area contributed by atoms with E-state index >= 15 is 0 Å². The third-order valence-electron chi connectivity index (χ3n) is 3.77. The summed E-state index contributed by atoms with van der Waals surface area (Å²) in [6.45, 7) is 0. The minimum absolute atomic E-state index is 0.0253. The van der Waals surface area contributed by atoms with Crippen LogP contribution in [0.15, 0.2) is 58.7 Å². The number of carbonyl (C=O) groups excluding carboxylic acids is 2. The average molecular weight is 352 g/mol. The first-order valence-corrected chi connectivity index (χ1v) is 8.44. The molecule has 1 saturated heterocycles. The molecule has 0 radical (unpaired) electrons. The fourth-order valence-electron chi connectivity index (χ4n) is 2.62. The van der Waals surface area contributed by atoms with E-state index < -0.39 is 0 Å². The molecule has 2 amide bonds. The number of nitrogens with one attached hydrogen (secondary N) is 1.